The van der Waals surface area contributed by atoms with Gasteiger partial charge in [0, 0.05) is 4.88 Å². The number of aromatic nitrogens is 4. The minimum Gasteiger partial charge on any atom is -0.485 e. The Morgan fingerprint density at radius 1 is 1.15 bits per heavy atom. The summed E-state index contributed by atoms with van der Waals surface area (Å²) in [5.41, 5.74) is 4.60. The predicted octanol–water partition coefficient (Wildman–Crippen LogP) is 4.41. The Bertz CT molecular complexity index is 1110. The van der Waals surface area contributed by atoms with Crippen LogP contribution < -0.4 is 4.74 Å². The van der Waals surface area contributed by atoms with Gasteiger partial charge in [0.2, 0.25) is 0 Å². The van der Waals surface area contributed by atoms with Crippen molar-refractivity contribution in [3.05, 3.63) is 51.9 Å². The fourth-order valence-electron chi connectivity index (χ4n) is 3.82. The van der Waals surface area contributed by atoms with Crippen LogP contribution in [0.15, 0.2) is 24.5 Å². The molecule has 3 heterocycles. The average Bonchev–Trinajstić information content (AvgIpc) is 3.21. The highest BCUT2D eigenvalue weighted by molar-refractivity contribution is 7.19. The van der Waals surface area contributed by atoms with E-state index in [1.165, 1.54) is 35.1 Å². The summed E-state index contributed by atoms with van der Waals surface area (Å²) in [6, 6.07) is 6.16. The molecule has 3 aromatic heterocycles. The Morgan fingerprint density at radius 3 is 2.81 bits per heavy atom. The number of fused-ring (bicyclic) bond motifs is 5. The van der Waals surface area contributed by atoms with Crippen LogP contribution in [-0.4, -0.2) is 19.6 Å². The van der Waals surface area contributed by atoms with Crippen LogP contribution >= 0.6 is 11.3 Å². The van der Waals surface area contributed by atoms with E-state index < -0.39 is 0 Å². The van der Waals surface area contributed by atoms with Crippen molar-refractivity contribution in [3.63, 3.8) is 0 Å². The first-order valence-electron chi connectivity index (χ1n) is 9.04. The summed E-state index contributed by atoms with van der Waals surface area (Å²) in [4.78, 5) is 12.0. The fraction of sp³-hybridized carbons (Fsp3) is 0.350. The maximum Gasteiger partial charge on any atom is 0.189 e. The number of hydrogen-bond donors (Lipinski definition) is 0. The van der Waals surface area contributed by atoms with Crippen LogP contribution in [0.3, 0.4) is 0 Å². The van der Waals surface area contributed by atoms with Crippen molar-refractivity contribution in [3.8, 4) is 5.75 Å². The quantitative estimate of drug-likeness (QED) is 0.540. The van der Waals surface area contributed by atoms with E-state index in [0.717, 1.165) is 33.8 Å². The van der Waals surface area contributed by atoms with Crippen LogP contribution in [0.2, 0.25) is 0 Å². The second kappa shape index (κ2) is 6.06. The number of thiophene rings is 1. The summed E-state index contributed by atoms with van der Waals surface area (Å²) < 4.78 is 7.83. The molecule has 5 nitrogen and oxygen atoms in total. The lowest BCUT2D eigenvalue weighted by Crippen LogP contribution is -2.01. The minimum atomic E-state index is 0.362. The summed E-state index contributed by atoms with van der Waals surface area (Å²) in [5, 5.41) is 5.78. The lowest BCUT2D eigenvalue weighted by Gasteiger charge is -2.10. The topological polar surface area (TPSA) is 52.3 Å². The van der Waals surface area contributed by atoms with Gasteiger partial charge in [0.1, 0.15) is 23.5 Å². The molecule has 1 aliphatic rings. The number of para-hydroxylation sites is 1. The first-order valence-corrected chi connectivity index (χ1v) is 9.86. The molecule has 0 atom stereocenters. The van der Waals surface area contributed by atoms with Crippen molar-refractivity contribution < 1.29 is 4.74 Å². The Hall–Kier alpha value is -2.47. The molecule has 0 saturated heterocycles. The zero-order valence-corrected chi connectivity index (χ0v) is 15.8. The van der Waals surface area contributed by atoms with Crippen molar-refractivity contribution in [2.45, 2.75) is 46.1 Å². The zero-order chi connectivity index (χ0) is 17.7. The van der Waals surface area contributed by atoms with Crippen molar-refractivity contribution >= 4 is 27.2 Å². The Labute approximate surface area is 155 Å². The third-order valence-corrected chi connectivity index (χ3v) is 6.29. The van der Waals surface area contributed by atoms with E-state index in [9.17, 15) is 0 Å². The Kier molecular flexibility index (Phi) is 3.67. The maximum absolute atomic E-state index is 6.03. The van der Waals surface area contributed by atoms with Gasteiger partial charge in [-0.2, -0.15) is 0 Å². The van der Waals surface area contributed by atoms with Crippen LogP contribution in [0.5, 0.6) is 5.75 Å². The fourth-order valence-corrected chi connectivity index (χ4v) is 5.05. The number of rotatable bonds is 3. The second-order valence-electron chi connectivity index (χ2n) is 6.94. The average molecular weight is 364 g/mol. The first kappa shape index (κ1) is 15.8. The summed E-state index contributed by atoms with van der Waals surface area (Å²) in [6.07, 6.45) is 6.58. The third-order valence-electron chi connectivity index (χ3n) is 5.09. The summed E-state index contributed by atoms with van der Waals surface area (Å²) in [6.45, 7) is 4.48. The highest BCUT2D eigenvalue weighted by Gasteiger charge is 2.20. The normalized spacial score (nSPS) is 14.1. The van der Waals surface area contributed by atoms with Crippen LogP contribution in [0.25, 0.3) is 15.9 Å². The summed E-state index contributed by atoms with van der Waals surface area (Å²) in [7, 11) is 0. The van der Waals surface area contributed by atoms with Crippen LogP contribution in [0.4, 0.5) is 0 Å². The Balaban J connectivity index is 1.53. The molecule has 0 spiro atoms. The zero-order valence-electron chi connectivity index (χ0n) is 15.0. The van der Waals surface area contributed by atoms with Crippen LogP contribution in [-0.2, 0) is 19.4 Å². The molecule has 0 aliphatic heterocycles. The summed E-state index contributed by atoms with van der Waals surface area (Å²) in [5.74, 6) is 1.61. The van der Waals surface area contributed by atoms with Gasteiger partial charge in [-0.05, 0) is 56.2 Å². The highest BCUT2D eigenvalue weighted by Crippen LogP contribution is 2.36. The molecule has 5 rings (SSSR count). The van der Waals surface area contributed by atoms with Crippen LogP contribution in [0.1, 0.15) is 40.2 Å². The van der Waals surface area contributed by atoms with Crippen molar-refractivity contribution in [2.75, 3.05) is 0 Å². The molecule has 4 aromatic rings. The third kappa shape index (κ3) is 2.48. The lowest BCUT2D eigenvalue weighted by atomic mass is 9.97. The number of benzene rings is 1. The minimum absolute atomic E-state index is 0.362. The van der Waals surface area contributed by atoms with Crippen molar-refractivity contribution in [1.29, 1.82) is 0 Å². The molecule has 26 heavy (non-hydrogen) atoms. The Morgan fingerprint density at radius 2 is 1.96 bits per heavy atom. The van der Waals surface area contributed by atoms with E-state index in [1.807, 2.05) is 17.4 Å². The largest absolute Gasteiger partial charge is 0.485 e. The van der Waals surface area contributed by atoms with E-state index in [0.29, 0.717) is 12.4 Å². The number of ether oxygens (including phenoxy) is 1. The van der Waals surface area contributed by atoms with E-state index in [4.69, 9.17) is 9.72 Å². The van der Waals surface area contributed by atoms with Gasteiger partial charge in [-0.3, -0.25) is 0 Å². The highest BCUT2D eigenvalue weighted by atomic mass is 32.1. The van der Waals surface area contributed by atoms with Gasteiger partial charge in [-0.15, -0.1) is 16.4 Å². The van der Waals surface area contributed by atoms with Gasteiger partial charge in [0.05, 0.1) is 5.39 Å². The van der Waals surface area contributed by atoms with Gasteiger partial charge >= 0.3 is 0 Å². The number of hydrogen-bond acceptors (Lipinski definition) is 5. The smallest absolute Gasteiger partial charge is 0.189 e. The number of aryl methyl sites for hydroxylation is 4. The van der Waals surface area contributed by atoms with Gasteiger partial charge in [0.15, 0.2) is 11.5 Å². The van der Waals surface area contributed by atoms with Crippen LogP contribution in [0, 0.1) is 13.8 Å². The molecule has 1 aromatic carbocycles. The lowest BCUT2D eigenvalue weighted by molar-refractivity contribution is 0.292. The molecule has 0 N–H and O–H groups in total. The van der Waals surface area contributed by atoms with Gasteiger partial charge in [-0.1, -0.05) is 18.2 Å². The molecular formula is C20H20N4OS. The molecule has 0 bridgehead atoms. The second-order valence-corrected chi connectivity index (χ2v) is 8.03. The number of nitrogens with zero attached hydrogens (tertiary/aromatic N) is 4. The van der Waals surface area contributed by atoms with Crippen molar-refractivity contribution in [2.24, 2.45) is 0 Å². The van der Waals surface area contributed by atoms with Gasteiger partial charge in [-0.25, -0.2) is 14.5 Å². The molecular weight excluding hydrogens is 344 g/mol. The maximum atomic E-state index is 6.03. The standard InChI is InChI=1S/C20H20N4OS/c1-12-6-5-7-13(2)18(12)25-10-16-22-19-17-14-8-3-4-9-15(14)26-20(17)21-11-24(19)23-16/h5-7,11H,3-4,8-10H2,1-2H3. The van der Waals surface area contributed by atoms with E-state index >= 15 is 0 Å². The van der Waals surface area contributed by atoms with Crippen molar-refractivity contribution in [1.82, 2.24) is 19.6 Å². The van der Waals surface area contributed by atoms with Gasteiger partial charge in [0.25, 0.3) is 0 Å². The SMILES string of the molecule is Cc1cccc(C)c1OCc1nc2c3c4c(sc3ncn2n1)CCCC4. The van der Waals surface area contributed by atoms with E-state index in [1.54, 1.807) is 10.8 Å². The van der Waals surface area contributed by atoms with E-state index in [-0.39, 0.29) is 0 Å². The molecule has 0 radical (unpaired) electrons. The molecule has 6 heteroatoms. The molecule has 0 saturated carbocycles. The molecule has 0 unspecified atom stereocenters. The monoisotopic (exact) mass is 364 g/mol. The molecule has 0 fully saturated rings. The molecule has 1 aliphatic carbocycles. The van der Waals surface area contributed by atoms with Gasteiger partial charge < -0.3 is 4.74 Å². The van der Waals surface area contributed by atoms with E-state index in [2.05, 4.69) is 36.1 Å². The molecule has 132 valence electrons. The summed E-state index contributed by atoms with van der Waals surface area (Å²) >= 11 is 1.81. The first-order chi connectivity index (χ1) is 12.7. The molecule has 0 amide bonds. The predicted molar refractivity (Wildman–Crippen MR) is 103 cm³/mol.